The second-order valence-electron chi connectivity index (χ2n) is 5.50. The van der Waals surface area contributed by atoms with Crippen LogP contribution < -0.4 is 11.2 Å². The number of rotatable bonds is 4. The van der Waals surface area contributed by atoms with Gasteiger partial charge >= 0.3 is 5.69 Å². The zero-order chi connectivity index (χ0) is 18.8. The number of nitrogens with zero attached hydrogens (tertiary/aromatic N) is 2. The number of aromatic amines is 2. The first-order chi connectivity index (χ1) is 12.3. The number of hydrogen-bond donors (Lipinski definition) is 2. The van der Waals surface area contributed by atoms with Gasteiger partial charge in [-0.05, 0) is 23.3 Å². The van der Waals surface area contributed by atoms with Gasteiger partial charge < -0.3 is 0 Å². The average molecular weight is 390 g/mol. The van der Waals surface area contributed by atoms with Gasteiger partial charge in [0.15, 0.2) is 21.4 Å². The molecule has 2 aromatic heterocycles. The van der Waals surface area contributed by atoms with Crippen molar-refractivity contribution in [2.75, 3.05) is 0 Å². The maximum Gasteiger partial charge on any atom is 0.327 e. The summed E-state index contributed by atoms with van der Waals surface area (Å²) >= 11 is 2.31. The Morgan fingerprint density at radius 2 is 1.46 bits per heavy atom. The highest BCUT2D eigenvalue weighted by Gasteiger charge is 2.12. The molecule has 134 valence electrons. The maximum absolute atomic E-state index is 11.9. The molecule has 0 saturated heterocycles. The summed E-state index contributed by atoms with van der Waals surface area (Å²) < 4.78 is 0. The normalized spacial score (nSPS) is 11.2. The van der Waals surface area contributed by atoms with Crippen LogP contribution in [0.4, 0.5) is 0 Å². The van der Waals surface area contributed by atoms with Gasteiger partial charge in [-0.15, -0.1) is 0 Å². The van der Waals surface area contributed by atoms with Gasteiger partial charge in [0.05, 0.1) is 11.0 Å². The van der Waals surface area contributed by atoms with Crippen LogP contribution in [0.5, 0.6) is 0 Å². The number of hydrogen-bond acceptors (Lipinski definition) is 8. The highest BCUT2D eigenvalue weighted by Crippen LogP contribution is 2.26. The quantitative estimate of drug-likeness (QED) is 0.645. The number of aromatic nitrogens is 4. The van der Waals surface area contributed by atoms with Crippen LogP contribution in [-0.2, 0) is 21.1 Å². The minimum absolute atomic E-state index is 0.0178. The van der Waals surface area contributed by atoms with Crippen molar-refractivity contribution in [3.8, 4) is 0 Å². The van der Waals surface area contributed by atoms with E-state index in [-0.39, 0.29) is 21.4 Å². The van der Waals surface area contributed by atoms with E-state index in [4.69, 9.17) is 0 Å². The van der Waals surface area contributed by atoms with E-state index in [1.807, 2.05) is 0 Å². The fraction of sp³-hybridized carbons (Fsp3) is 0.250. The molecule has 26 heavy (non-hydrogen) atoms. The molecule has 8 nitrogen and oxygen atoms in total. The molecular formula is C16H14N4O4S2. The molecular weight excluding hydrogens is 376 g/mol. The Morgan fingerprint density at radius 1 is 0.923 bits per heavy atom. The number of carbonyl (C=O) groups is 2. The maximum atomic E-state index is 11.9. The summed E-state index contributed by atoms with van der Waals surface area (Å²) in [6.07, 6.45) is 0. The van der Waals surface area contributed by atoms with Gasteiger partial charge in [-0.2, -0.15) is 0 Å². The molecule has 0 amide bonds. The molecule has 0 spiro atoms. The first-order valence-electron chi connectivity index (χ1n) is 7.56. The van der Waals surface area contributed by atoms with Crippen molar-refractivity contribution in [2.24, 2.45) is 0 Å². The summed E-state index contributed by atoms with van der Waals surface area (Å²) in [6, 6.07) is 3.53. The highest BCUT2D eigenvalue weighted by molar-refractivity contribution is 8.13. The van der Waals surface area contributed by atoms with Crippen LogP contribution in [0.3, 0.4) is 0 Å². The fourth-order valence-corrected chi connectivity index (χ4v) is 3.62. The van der Waals surface area contributed by atoms with Gasteiger partial charge in [-0.1, -0.05) is 23.5 Å². The van der Waals surface area contributed by atoms with Crippen LogP contribution in [-0.4, -0.2) is 30.2 Å². The molecule has 3 rings (SSSR count). The zero-order valence-electron chi connectivity index (χ0n) is 13.9. The lowest BCUT2D eigenvalue weighted by molar-refractivity contribution is -0.109. The first-order valence-corrected chi connectivity index (χ1v) is 9.53. The van der Waals surface area contributed by atoms with Crippen molar-refractivity contribution >= 4 is 56.0 Å². The summed E-state index contributed by atoms with van der Waals surface area (Å²) in [5.41, 5.74) is 1.54. The molecule has 0 fully saturated rings. The Balaban J connectivity index is 2.18. The van der Waals surface area contributed by atoms with Crippen LogP contribution >= 0.6 is 23.5 Å². The summed E-state index contributed by atoms with van der Waals surface area (Å²) in [5.74, 6) is 0.867. The lowest BCUT2D eigenvalue weighted by Gasteiger charge is -2.10. The molecule has 0 bridgehead atoms. The predicted octanol–water partition coefficient (Wildman–Crippen LogP) is 1.72. The molecule has 0 aliphatic rings. The second kappa shape index (κ2) is 7.42. The van der Waals surface area contributed by atoms with E-state index in [2.05, 4.69) is 19.9 Å². The second-order valence-corrected chi connectivity index (χ2v) is 7.80. The summed E-state index contributed by atoms with van der Waals surface area (Å²) in [5, 5.41) is -0.0374. The van der Waals surface area contributed by atoms with E-state index < -0.39 is 11.2 Å². The predicted molar refractivity (Wildman–Crippen MR) is 102 cm³/mol. The topological polar surface area (TPSA) is 126 Å². The van der Waals surface area contributed by atoms with E-state index in [1.165, 1.54) is 13.8 Å². The third kappa shape index (κ3) is 4.02. The molecule has 2 N–H and O–H groups in total. The van der Waals surface area contributed by atoms with Crippen LogP contribution in [0.2, 0.25) is 0 Å². The summed E-state index contributed by atoms with van der Waals surface area (Å²) in [7, 11) is 0. The van der Waals surface area contributed by atoms with Gasteiger partial charge in [0.2, 0.25) is 0 Å². The van der Waals surface area contributed by atoms with E-state index >= 15 is 0 Å². The van der Waals surface area contributed by atoms with Crippen molar-refractivity contribution in [3.05, 3.63) is 44.1 Å². The zero-order valence-corrected chi connectivity index (χ0v) is 15.5. The first kappa shape index (κ1) is 18.3. The highest BCUT2D eigenvalue weighted by atomic mass is 32.2. The lowest BCUT2D eigenvalue weighted by Crippen LogP contribution is -2.23. The Hall–Kier alpha value is -2.46. The molecule has 3 aromatic rings. The van der Waals surface area contributed by atoms with Crippen molar-refractivity contribution in [3.63, 3.8) is 0 Å². The van der Waals surface area contributed by atoms with Crippen molar-refractivity contribution in [1.82, 2.24) is 19.9 Å². The molecule has 0 unspecified atom stereocenters. The monoisotopic (exact) mass is 390 g/mol. The van der Waals surface area contributed by atoms with Gasteiger partial charge in [0, 0.05) is 25.4 Å². The Kier molecular flexibility index (Phi) is 5.23. The van der Waals surface area contributed by atoms with Gasteiger partial charge in [0.1, 0.15) is 0 Å². The molecule has 0 aliphatic carbocycles. The van der Waals surface area contributed by atoms with Crippen molar-refractivity contribution < 1.29 is 9.59 Å². The number of H-pyrrole nitrogens is 2. The van der Waals surface area contributed by atoms with Gasteiger partial charge in [-0.25, -0.2) is 14.8 Å². The van der Waals surface area contributed by atoms with Gasteiger partial charge in [-0.3, -0.25) is 24.4 Å². The minimum Gasteiger partial charge on any atom is -0.290 e. The van der Waals surface area contributed by atoms with Crippen molar-refractivity contribution in [2.45, 2.75) is 25.4 Å². The molecule has 2 heterocycles. The SMILES string of the molecule is CC(=O)SCc1cc2nc3[nH]c(=O)[nH]c(=O)c3nc2cc1CSC(C)=O. The number of carbonyl (C=O) groups excluding carboxylic acids is 2. The number of thioether (sulfide) groups is 2. The molecule has 1 aromatic carbocycles. The molecule has 10 heteroatoms. The summed E-state index contributed by atoms with van der Waals surface area (Å²) in [6.45, 7) is 2.97. The standard InChI is InChI=1S/C16H14N4O4S2/c1-7(21)25-5-9-3-11-12(4-10(9)6-26-8(2)22)18-14-13(17-11)15(23)20-16(24)19-14/h3-4H,5-6H2,1-2H3,(H2,18,19,20,23,24). The fourth-order valence-electron chi connectivity index (χ4n) is 2.36. The lowest BCUT2D eigenvalue weighted by atomic mass is 10.1. The number of nitrogens with one attached hydrogen (secondary N) is 2. The number of benzene rings is 1. The molecule has 0 radical (unpaired) electrons. The average Bonchev–Trinajstić information content (AvgIpc) is 2.56. The largest absolute Gasteiger partial charge is 0.327 e. The van der Waals surface area contributed by atoms with Crippen molar-refractivity contribution in [1.29, 1.82) is 0 Å². The van der Waals surface area contributed by atoms with Crippen LogP contribution in [0.1, 0.15) is 25.0 Å². The third-order valence-corrected chi connectivity index (χ3v) is 5.25. The van der Waals surface area contributed by atoms with Crippen LogP contribution in [0.25, 0.3) is 22.2 Å². The van der Waals surface area contributed by atoms with E-state index in [9.17, 15) is 19.2 Å². The van der Waals surface area contributed by atoms with E-state index in [1.54, 1.807) is 12.1 Å². The van der Waals surface area contributed by atoms with Crippen LogP contribution in [0, 0.1) is 0 Å². The Labute approximate surface area is 155 Å². The molecule has 0 aliphatic heterocycles. The number of fused-ring (bicyclic) bond motifs is 2. The van der Waals surface area contributed by atoms with E-state index in [0.717, 1.165) is 34.7 Å². The van der Waals surface area contributed by atoms with Crippen LogP contribution in [0.15, 0.2) is 21.7 Å². The smallest absolute Gasteiger partial charge is 0.290 e. The molecule has 0 atom stereocenters. The Bertz CT molecular complexity index is 1150. The third-order valence-electron chi connectivity index (χ3n) is 3.52. The van der Waals surface area contributed by atoms with E-state index in [0.29, 0.717) is 22.5 Å². The minimum atomic E-state index is -0.655. The summed E-state index contributed by atoms with van der Waals surface area (Å²) in [4.78, 5) is 59.2. The molecule has 0 saturated carbocycles. The Morgan fingerprint density at radius 3 is 2.00 bits per heavy atom. The van der Waals surface area contributed by atoms with Gasteiger partial charge in [0.25, 0.3) is 5.56 Å².